The van der Waals surface area contributed by atoms with Crippen LogP contribution in [0.4, 0.5) is 14.6 Å². The molecular formula is C5H6F2N2O. The van der Waals surface area contributed by atoms with Crippen molar-refractivity contribution >= 4 is 5.82 Å². The van der Waals surface area contributed by atoms with Crippen LogP contribution in [0.25, 0.3) is 0 Å². The van der Waals surface area contributed by atoms with Gasteiger partial charge in [-0.15, -0.1) is 0 Å². The third kappa shape index (κ3) is 1.23. The van der Waals surface area contributed by atoms with E-state index in [4.69, 9.17) is 0 Å². The van der Waals surface area contributed by atoms with Gasteiger partial charge in [-0.25, -0.2) is 8.78 Å². The van der Waals surface area contributed by atoms with Gasteiger partial charge < -0.3 is 9.84 Å². The molecule has 0 aliphatic heterocycles. The van der Waals surface area contributed by atoms with E-state index >= 15 is 0 Å². The van der Waals surface area contributed by atoms with E-state index in [2.05, 4.69) is 15.0 Å². The molecule has 1 heterocycles. The van der Waals surface area contributed by atoms with E-state index in [0.29, 0.717) is 5.82 Å². The van der Waals surface area contributed by atoms with Crippen LogP contribution in [0.15, 0.2) is 10.6 Å². The quantitative estimate of drug-likeness (QED) is 0.692. The minimum atomic E-state index is -2.59. The zero-order chi connectivity index (χ0) is 7.56. The molecule has 0 aliphatic carbocycles. The van der Waals surface area contributed by atoms with Gasteiger partial charge in [0.15, 0.2) is 5.82 Å². The third-order valence-corrected chi connectivity index (χ3v) is 1.000. The van der Waals surface area contributed by atoms with Crippen LogP contribution < -0.4 is 5.32 Å². The van der Waals surface area contributed by atoms with Gasteiger partial charge in [-0.2, -0.15) is 0 Å². The van der Waals surface area contributed by atoms with Gasteiger partial charge in [-0.3, -0.25) is 0 Å². The number of nitrogens with zero attached hydrogens (tertiary/aromatic N) is 1. The molecule has 5 heteroatoms. The monoisotopic (exact) mass is 148 g/mol. The summed E-state index contributed by atoms with van der Waals surface area (Å²) >= 11 is 0. The molecule has 1 N–H and O–H groups in total. The van der Waals surface area contributed by atoms with Crippen LogP contribution in [0.3, 0.4) is 0 Å². The van der Waals surface area contributed by atoms with Gasteiger partial charge in [0.05, 0.1) is 0 Å². The van der Waals surface area contributed by atoms with Crippen molar-refractivity contribution in [3.63, 3.8) is 0 Å². The minimum absolute atomic E-state index is 0.315. The van der Waals surface area contributed by atoms with Crippen LogP contribution in [-0.4, -0.2) is 12.2 Å². The lowest BCUT2D eigenvalue weighted by molar-refractivity contribution is 0.112. The number of rotatable bonds is 2. The Morgan fingerprint density at radius 1 is 1.70 bits per heavy atom. The predicted octanol–water partition coefficient (Wildman–Crippen LogP) is 1.65. The van der Waals surface area contributed by atoms with Crippen LogP contribution in [0.5, 0.6) is 0 Å². The summed E-state index contributed by atoms with van der Waals surface area (Å²) < 4.78 is 27.8. The van der Waals surface area contributed by atoms with Crippen molar-refractivity contribution in [2.24, 2.45) is 0 Å². The maximum absolute atomic E-state index is 11.8. The fourth-order valence-electron chi connectivity index (χ4n) is 0.510. The summed E-state index contributed by atoms with van der Waals surface area (Å²) in [5, 5.41) is 5.85. The molecule has 10 heavy (non-hydrogen) atoms. The lowest BCUT2D eigenvalue weighted by Crippen LogP contribution is -1.85. The summed E-state index contributed by atoms with van der Waals surface area (Å²) in [6.07, 6.45) is -2.59. The first-order valence-electron chi connectivity index (χ1n) is 2.66. The Balaban J connectivity index is 2.78. The van der Waals surface area contributed by atoms with Crippen molar-refractivity contribution in [1.82, 2.24) is 5.16 Å². The maximum Gasteiger partial charge on any atom is 0.298 e. The topological polar surface area (TPSA) is 38.1 Å². The Morgan fingerprint density at radius 3 is 2.70 bits per heavy atom. The first-order chi connectivity index (χ1) is 4.74. The van der Waals surface area contributed by atoms with Crippen molar-refractivity contribution < 1.29 is 13.3 Å². The second-order valence-electron chi connectivity index (χ2n) is 1.67. The molecule has 1 rings (SSSR count). The average Bonchev–Trinajstić information content (AvgIpc) is 2.34. The zero-order valence-corrected chi connectivity index (χ0v) is 5.27. The molecule has 0 bridgehead atoms. The highest BCUT2D eigenvalue weighted by Crippen LogP contribution is 2.20. The van der Waals surface area contributed by atoms with Gasteiger partial charge in [-0.05, 0) is 0 Å². The van der Waals surface area contributed by atoms with Crippen LogP contribution in [-0.2, 0) is 0 Å². The standard InChI is InChI=1S/C5H6F2N2O/c1-8-4-2-3(5(6)7)10-9-4/h2,5H,1H3,(H,8,9). The van der Waals surface area contributed by atoms with E-state index in [9.17, 15) is 8.78 Å². The largest absolute Gasteiger partial charge is 0.370 e. The number of anilines is 1. The second-order valence-corrected chi connectivity index (χ2v) is 1.67. The number of aromatic nitrogens is 1. The van der Waals surface area contributed by atoms with Crippen molar-refractivity contribution in [1.29, 1.82) is 0 Å². The highest BCUT2D eigenvalue weighted by Gasteiger charge is 2.12. The van der Waals surface area contributed by atoms with Gasteiger partial charge in [0.25, 0.3) is 6.43 Å². The van der Waals surface area contributed by atoms with Crippen molar-refractivity contribution in [3.05, 3.63) is 11.8 Å². The fraction of sp³-hybridized carbons (Fsp3) is 0.400. The Hall–Kier alpha value is -1.13. The number of nitrogens with one attached hydrogen (secondary N) is 1. The Kier molecular flexibility index (Phi) is 1.84. The minimum Gasteiger partial charge on any atom is -0.370 e. The first-order valence-corrected chi connectivity index (χ1v) is 2.66. The Morgan fingerprint density at radius 2 is 2.40 bits per heavy atom. The van der Waals surface area contributed by atoms with Crippen LogP contribution in [0.1, 0.15) is 12.2 Å². The average molecular weight is 148 g/mol. The van der Waals surface area contributed by atoms with Gasteiger partial charge in [0.2, 0.25) is 5.76 Å². The van der Waals surface area contributed by atoms with Crippen molar-refractivity contribution in [2.45, 2.75) is 6.43 Å². The smallest absolute Gasteiger partial charge is 0.298 e. The zero-order valence-electron chi connectivity index (χ0n) is 5.27. The predicted molar refractivity (Wildman–Crippen MR) is 31.0 cm³/mol. The van der Waals surface area contributed by atoms with Gasteiger partial charge in [-0.1, -0.05) is 5.16 Å². The summed E-state index contributed by atoms with van der Waals surface area (Å²) in [4.78, 5) is 0. The molecular weight excluding hydrogens is 142 g/mol. The molecule has 0 aliphatic rings. The molecule has 0 fully saturated rings. The molecule has 3 nitrogen and oxygen atoms in total. The Labute approximate surface area is 56.0 Å². The number of hydrogen-bond donors (Lipinski definition) is 1. The van der Waals surface area contributed by atoms with Crippen molar-refractivity contribution in [3.8, 4) is 0 Å². The van der Waals surface area contributed by atoms with E-state index in [1.807, 2.05) is 0 Å². The normalized spacial score (nSPS) is 10.4. The molecule has 1 aromatic rings. The lowest BCUT2D eigenvalue weighted by Gasteiger charge is -1.85. The van der Waals surface area contributed by atoms with Gasteiger partial charge in [0.1, 0.15) is 0 Å². The van der Waals surface area contributed by atoms with Crippen LogP contribution in [0.2, 0.25) is 0 Å². The number of hydrogen-bond acceptors (Lipinski definition) is 3. The van der Waals surface area contributed by atoms with Gasteiger partial charge in [0, 0.05) is 13.1 Å². The van der Waals surface area contributed by atoms with E-state index in [0.717, 1.165) is 6.07 Å². The summed E-state index contributed by atoms with van der Waals surface area (Å²) in [7, 11) is 1.58. The highest BCUT2D eigenvalue weighted by atomic mass is 19.3. The lowest BCUT2D eigenvalue weighted by atomic mass is 10.4. The maximum atomic E-state index is 11.8. The van der Waals surface area contributed by atoms with E-state index in [1.165, 1.54) is 0 Å². The summed E-state index contributed by atoms with van der Waals surface area (Å²) in [6.45, 7) is 0. The molecule has 0 amide bonds. The first kappa shape index (κ1) is 6.98. The molecule has 0 saturated carbocycles. The third-order valence-electron chi connectivity index (χ3n) is 1.000. The number of alkyl halides is 2. The molecule has 0 radical (unpaired) electrons. The second kappa shape index (κ2) is 2.64. The van der Waals surface area contributed by atoms with Crippen molar-refractivity contribution in [2.75, 3.05) is 12.4 Å². The molecule has 1 aromatic heterocycles. The molecule has 0 spiro atoms. The molecule has 0 saturated heterocycles. The number of halogens is 2. The van der Waals surface area contributed by atoms with E-state index in [-0.39, 0.29) is 0 Å². The molecule has 0 unspecified atom stereocenters. The van der Waals surface area contributed by atoms with E-state index < -0.39 is 12.2 Å². The molecule has 0 aromatic carbocycles. The Bertz CT molecular complexity index is 211. The highest BCUT2D eigenvalue weighted by molar-refractivity contribution is 5.32. The summed E-state index contributed by atoms with van der Waals surface area (Å²) in [5.74, 6) is -0.0975. The van der Waals surface area contributed by atoms with Crippen LogP contribution >= 0.6 is 0 Å². The summed E-state index contributed by atoms with van der Waals surface area (Å²) in [5.41, 5.74) is 0. The fourth-order valence-corrected chi connectivity index (χ4v) is 0.510. The molecule has 56 valence electrons. The molecule has 0 atom stereocenters. The van der Waals surface area contributed by atoms with Gasteiger partial charge >= 0.3 is 0 Å². The summed E-state index contributed by atoms with van der Waals surface area (Å²) in [6, 6.07) is 1.16. The van der Waals surface area contributed by atoms with E-state index in [1.54, 1.807) is 7.05 Å². The SMILES string of the molecule is CNc1cc(C(F)F)on1. The van der Waals surface area contributed by atoms with Crippen LogP contribution in [0, 0.1) is 0 Å².